The van der Waals surface area contributed by atoms with Crippen molar-refractivity contribution >= 4 is 37.3 Å². The summed E-state index contributed by atoms with van der Waals surface area (Å²) in [5.74, 6) is -0.205. The van der Waals surface area contributed by atoms with Crippen molar-refractivity contribution in [1.29, 1.82) is 0 Å². The van der Waals surface area contributed by atoms with E-state index in [1.807, 2.05) is 0 Å². The van der Waals surface area contributed by atoms with Crippen molar-refractivity contribution in [3.05, 3.63) is 58.1 Å². The maximum Gasteiger partial charge on any atom is 0.271 e. The Labute approximate surface area is 211 Å². The Hall–Kier alpha value is -3.23. The molecular weight excluding hydrogens is 512 g/mol. The number of hydrogen-bond acceptors (Lipinski definition) is 8. The zero-order valence-electron chi connectivity index (χ0n) is 20.7. The van der Waals surface area contributed by atoms with Crippen LogP contribution in [0.25, 0.3) is 0 Å². The first-order valence-corrected chi connectivity index (χ1v) is 14.2. The number of carbonyl (C=O) groups is 1. The van der Waals surface area contributed by atoms with E-state index in [4.69, 9.17) is 4.74 Å². The molecule has 2 aromatic carbocycles. The zero-order chi connectivity index (χ0) is 27.3. The number of rotatable bonds is 12. The Bertz CT molecular complexity index is 1310. The molecule has 198 valence electrons. The van der Waals surface area contributed by atoms with Gasteiger partial charge in [0.1, 0.15) is 18.4 Å². The number of benzene rings is 2. The SMILES string of the molecule is CCC(C(=O)NCCOc1ccc(S(=O)(=O)N(C)C)cc1)N(c1cc([N+](=O)[O-])ccc1C)S(C)(=O)=O. The first-order valence-electron chi connectivity index (χ1n) is 10.9. The van der Waals surface area contributed by atoms with Crippen LogP contribution in [-0.4, -0.2) is 71.5 Å². The number of nitro benzene ring substituents is 1. The summed E-state index contributed by atoms with van der Waals surface area (Å²) in [6.07, 6.45) is 1.05. The summed E-state index contributed by atoms with van der Waals surface area (Å²) in [6, 6.07) is 8.47. The number of non-ortho nitro benzene ring substituents is 1. The average Bonchev–Trinajstić information content (AvgIpc) is 2.80. The lowest BCUT2D eigenvalue weighted by molar-refractivity contribution is -0.384. The van der Waals surface area contributed by atoms with E-state index in [1.54, 1.807) is 13.8 Å². The van der Waals surface area contributed by atoms with Crippen LogP contribution in [0, 0.1) is 17.0 Å². The van der Waals surface area contributed by atoms with E-state index in [9.17, 15) is 31.7 Å². The van der Waals surface area contributed by atoms with E-state index >= 15 is 0 Å². The van der Waals surface area contributed by atoms with Crippen molar-refractivity contribution in [2.75, 3.05) is 37.8 Å². The molecule has 0 saturated heterocycles. The third-order valence-electron chi connectivity index (χ3n) is 5.24. The minimum Gasteiger partial charge on any atom is -0.492 e. The predicted octanol–water partition coefficient (Wildman–Crippen LogP) is 1.89. The van der Waals surface area contributed by atoms with Crippen LogP contribution >= 0.6 is 0 Å². The van der Waals surface area contributed by atoms with Gasteiger partial charge in [0, 0.05) is 26.2 Å². The topological polar surface area (TPSA) is 156 Å². The van der Waals surface area contributed by atoms with Crippen LogP contribution in [0.5, 0.6) is 5.75 Å². The summed E-state index contributed by atoms with van der Waals surface area (Å²) in [7, 11) is -4.68. The van der Waals surface area contributed by atoms with Gasteiger partial charge >= 0.3 is 0 Å². The molecule has 0 aliphatic carbocycles. The molecule has 0 aromatic heterocycles. The van der Waals surface area contributed by atoms with Crippen molar-refractivity contribution in [2.24, 2.45) is 0 Å². The number of nitrogens with one attached hydrogen (secondary N) is 1. The summed E-state index contributed by atoms with van der Waals surface area (Å²) >= 11 is 0. The summed E-state index contributed by atoms with van der Waals surface area (Å²) < 4.78 is 57.1. The standard InChI is InChI=1S/C22H30N4O8S2/c1-6-20(25(35(5,30)31)21-15-17(26(28)29)8-7-16(21)2)22(27)23-13-14-34-18-9-11-19(12-10-18)36(32,33)24(3)4/h7-12,15,20H,6,13-14H2,1-5H3,(H,23,27). The predicted molar refractivity (Wildman–Crippen MR) is 135 cm³/mol. The number of aryl methyl sites for hydroxylation is 1. The minimum absolute atomic E-state index is 0.0384. The van der Waals surface area contributed by atoms with Gasteiger partial charge in [0.15, 0.2) is 0 Å². The molecule has 0 saturated carbocycles. The smallest absolute Gasteiger partial charge is 0.271 e. The van der Waals surface area contributed by atoms with Crippen LogP contribution in [0.2, 0.25) is 0 Å². The van der Waals surface area contributed by atoms with Crippen molar-refractivity contribution in [3.63, 3.8) is 0 Å². The van der Waals surface area contributed by atoms with Gasteiger partial charge in [0.25, 0.3) is 5.69 Å². The van der Waals surface area contributed by atoms with Crippen LogP contribution < -0.4 is 14.4 Å². The molecule has 0 aliphatic rings. The fourth-order valence-electron chi connectivity index (χ4n) is 3.36. The monoisotopic (exact) mass is 542 g/mol. The van der Waals surface area contributed by atoms with Gasteiger partial charge in [-0.05, 0) is 43.2 Å². The molecule has 0 aliphatic heterocycles. The highest BCUT2D eigenvalue weighted by atomic mass is 32.2. The van der Waals surface area contributed by atoms with E-state index in [1.165, 1.54) is 50.5 Å². The van der Waals surface area contributed by atoms with Gasteiger partial charge in [0.05, 0.1) is 28.3 Å². The first kappa shape index (κ1) is 29.0. The van der Waals surface area contributed by atoms with Gasteiger partial charge in [-0.25, -0.2) is 21.1 Å². The van der Waals surface area contributed by atoms with E-state index < -0.39 is 36.9 Å². The largest absolute Gasteiger partial charge is 0.492 e. The number of hydrogen-bond donors (Lipinski definition) is 1. The highest BCUT2D eigenvalue weighted by Crippen LogP contribution is 2.30. The Morgan fingerprint density at radius 3 is 2.22 bits per heavy atom. The lowest BCUT2D eigenvalue weighted by Gasteiger charge is -2.31. The van der Waals surface area contributed by atoms with Crippen LogP contribution in [-0.2, 0) is 24.8 Å². The van der Waals surface area contributed by atoms with E-state index in [0.29, 0.717) is 11.3 Å². The molecule has 14 heteroatoms. The Balaban J connectivity index is 2.11. The Morgan fingerprint density at radius 2 is 1.72 bits per heavy atom. The number of sulfonamides is 2. The number of ether oxygens (including phenoxy) is 1. The van der Waals surface area contributed by atoms with Crippen LogP contribution in [0.4, 0.5) is 11.4 Å². The lowest BCUT2D eigenvalue weighted by Crippen LogP contribution is -2.50. The molecule has 2 aromatic rings. The van der Waals surface area contributed by atoms with E-state index in [2.05, 4.69) is 5.32 Å². The van der Waals surface area contributed by atoms with Gasteiger partial charge in [-0.3, -0.25) is 19.2 Å². The maximum atomic E-state index is 12.9. The minimum atomic E-state index is -3.97. The second-order valence-corrected chi connectivity index (χ2v) is 12.1. The van der Waals surface area contributed by atoms with Gasteiger partial charge in [0.2, 0.25) is 26.0 Å². The van der Waals surface area contributed by atoms with Gasteiger partial charge in [-0.1, -0.05) is 13.0 Å². The number of anilines is 1. The zero-order valence-corrected chi connectivity index (χ0v) is 22.3. The number of amides is 1. The number of nitrogens with zero attached hydrogens (tertiary/aromatic N) is 3. The molecule has 0 bridgehead atoms. The first-order chi connectivity index (χ1) is 16.7. The molecular formula is C22H30N4O8S2. The normalized spacial score (nSPS) is 12.7. The highest BCUT2D eigenvalue weighted by Gasteiger charge is 2.33. The highest BCUT2D eigenvalue weighted by molar-refractivity contribution is 7.92. The second-order valence-electron chi connectivity index (χ2n) is 8.11. The molecule has 12 nitrogen and oxygen atoms in total. The summed E-state index contributed by atoms with van der Waals surface area (Å²) in [6.45, 7) is 3.31. The van der Waals surface area contributed by atoms with E-state index in [-0.39, 0.29) is 35.8 Å². The molecule has 1 amide bonds. The van der Waals surface area contributed by atoms with Crippen molar-refractivity contribution in [2.45, 2.75) is 31.2 Å². The molecule has 2 rings (SSSR count). The van der Waals surface area contributed by atoms with Crippen LogP contribution in [0.15, 0.2) is 47.4 Å². The fourth-order valence-corrected chi connectivity index (χ4v) is 5.53. The molecule has 0 heterocycles. The van der Waals surface area contributed by atoms with Crippen molar-refractivity contribution in [3.8, 4) is 5.75 Å². The molecule has 0 radical (unpaired) electrons. The third-order valence-corrected chi connectivity index (χ3v) is 8.24. The quantitative estimate of drug-likeness (QED) is 0.242. The Kier molecular flexibility index (Phi) is 9.40. The molecule has 0 spiro atoms. The summed E-state index contributed by atoms with van der Waals surface area (Å²) in [4.78, 5) is 23.6. The summed E-state index contributed by atoms with van der Waals surface area (Å²) in [5.41, 5.74) is 0.218. The molecule has 36 heavy (non-hydrogen) atoms. The van der Waals surface area contributed by atoms with Gasteiger partial charge in [-0.2, -0.15) is 0 Å². The lowest BCUT2D eigenvalue weighted by atomic mass is 10.1. The Morgan fingerprint density at radius 1 is 1.11 bits per heavy atom. The molecule has 0 fully saturated rings. The number of nitro groups is 1. The van der Waals surface area contributed by atoms with Gasteiger partial charge < -0.3 is 10.1 Å². The molecule has 1 atom stereocenters. The van der Waals surface area contributed by atoms with Crippen LogP contribution in [0.3, 0.4) is 0 Å². The summed E-state index contributed by atoms with van der Waals surface area (Å²) in [5, 5.41) is 13.8. The average molecular weight is 543 g/mol. The van der Waals surface area contributed by atoms with Gasteiger partial charge in [-0.15, -0.1) is 0 Å². The van der Waals surface area contributed by atoms with Crippen LogP contribution in [0.1, 0.15) is 18.9 Å². The van der Waals surface area contributed by atoms with Crippen molar-refractivity contribution < 1.29 is 31.3 Å². The maximum absolute atomic E-state index is 12.9. The van der Waals surface area contributed by atoms with E-state index in [0.717, 1.165) is 20.9 Å². The molecule has 1 unspecified atom stereocenters. The second kappa shape index (κ2) is 11.7. The number of carbonyl (C=O) groups excluding carboxylic acids is 1. The third kappa shape index (κ3) is 6.92. The molecule has 1 N–H and O–H groups in total. The fraction of sp³-hybridized carbons (Fsp3) is 0.409. The van der Waals surface area contributed by atoms with Crippen molar-refractivity contribution in [1.82, 2.24) is 9.62 Å².